The zero-order valence-electron chi connectivity index (χ0n) is 13.2. The number of carbonyl (C=O) groups is 2. The van der Waals surface area contributed by atoms with E-state index in [-0.39, 0.29) is 18.2 Å². The molecule has 6 heteroatoms. The van der Waals surface area contributed by atoms with E-state index in [9.17, 15) is 9.59 Å². The fourth-order valence-corrected chi connectivity index (χ4v) is 3.00. The minimum atomic E-state index is -0.866. The Morgan fingerprint density at radius 3 is 2.78 bits per heavy atom. The number of carboxylic acid groups (broad SMARTS) is 1. The lowest BCUT2D eigenvalue weighted by Crippen LogP contribution is -2.30. The van der Waals surface area contributed by atoms with Crippen molar-refractivity contribution in [2.45, 2.75) is 39.2 Å². The number of amides is 1. The quantitative estimate of drug-likeness (QED) is 0.886. The number of benzene rings is 1. The van der Waals surface area contributed by atoms with Crippen LogP contribution in [0.5, 0.6) is 0 Å². The van der Waals surface area contributed by atoms with E-state index >= 15 is 0 Å². The van der Waals surface area contributed by atoms with E-state index in [1.165, 1.54) is 5.56 Å². The average molecular weight is 313 g/mol. The third-order valence-electron chi connectivity index (χ3n) is 4.34. The molecule has 1 heterocycles. The molecular weight excluding hydrogens is 294 g/mol. The average Bonchev–Trinajstić information content (AvgIpc) is 2.74. The molecule has 2 N–H and O–H groups in total. The van der Waals surface area contributed by atoms with Gasteiger partial charge in [-0.25, -0.2) is 0 Å². The summed E-state index contributed by atoms with van der Waals surface area (Å²) in [5.41, 5.74) is 4.47. The molecule has 1 aromatic carbocycles. The first-order valence-electron chi connectivity index (χ1n) is 7.62. The van der Waals surface area contributed by atoms with Crippen molar-refractivity contribution < 1.29 is 14.7 Å². The van der Waals surface area contributed by atoms with Gasteiger partial charge in [0.1, 0.15) is 0 Å². The number of aromatic nitrogens is 2. The van der Waals surface area contributed by atoms with Crippen LogP contribution < -0.4 is 5.32 Å². The van der Waals surface area contributed by atoms with Crippen LogP contribution in [0.2, 0.25) is 0 Å². The minimum Gasteiger partial charge on any atom is -0.481 e. The first-order valence-corrected chi connectivity index (χ1v) is 7.62. The SMILES string of the molecule is Cc1nn(CCC(=O)O)c(C)c1NC(=O)C1Cc2ccccc21. The topological polar surface area (TPSA) is 84.2 Å². The van der Waals surface area contributed by atoms with Gasteiger partial charge in [0.05, 0.1) is 36.0 Å². The summed E-state index contributed by atoms with van der Waals surface area (Å²) in [6.07, 6.45) is 0.763. The highest BCUT2D eigenvalue weighted by Crippen LogP contribution is 2.36. The van der Waals surface area contributed by atoms with Crippen molar-refractivity contribution in [2.75, 3.05) is 5.32 Å². The van der Waals surface area contributed by atoms with Gasteiger partial charge in [-0.15, -0.1) is 0 Å². The number of aryl methyl sites for hydroxylation is 2. The van der Waals surface area contributed by atoms with Crippen molar-refractivity contribution >= 4 is 17.6 Å². The van der Waals surface area contributed by atoms with Gasteiger partial charge in [0.2, 0.25) is 5.91 Å². The molecule has 1 atom stereocenters. The molecule has 0 fully saturated rings. The molecule has 1 amide bonds. The van der Waals surface area contributed by atoms with Gasteiger partial charge in [0, 0.05) is 0 Å². The Morgan fingerprint density at radius 2 is 2.09 bits per heavy atom. The normalized spacial score (nSPS) is 15.7. The van der Waals surface area contributed by atoms with Gasteiger partial charge in [-0.2, -0.15) is 5.10 Å². The smallest absolute Gasteiger partial charge is 0.305 e. The number of nitrogens with one attached hydrogen (secondary N) is 1. The molecule has 0 spiro atoms. The van der Waals surface area contributed by atoms with E-state index in [2.05, 4.69) is 10.4 Å². The molecule has 1 unspecified atom stereocenters. The number of aliphatic carboxylic acids is 1. The molecule has 0 aliphatic heterocycles. The molecule has 1 aromatic heterocycles. The molecule has 0 saturated heterocycles. The summed E-state index contributed by atoms with van der Waals surface area (Å²) in [6, 6.07) is 7.95. The molecule has 1 aliphatic rings. The summed E-state index contributed by atoms with van der Waals surface area (Å²) in [4.78, 5) is 23.2. The van der Waals surface area contributed by atoms with Crippen molar-refractivity contribution in [1.82, 2.24) is 9.78 Å². The van der Waals surface area contributed by atoms with Gasteiger partial charge < -0.3 is 10.4 Å². The Hall–Kier alpha value is -2.63. The second-order valence-electron chi connectivity index (χ2n) is 5.86. The highest BCUT2D eigenvalue weighted by atomic mass is 16.4. The zero-order valence-corrected chi connectivity index (χ0v) is 13.2. The molecule has 0 saturated carbocycles. The number of hydrogen-bond acceptors (Lipinski definition) is 3. The lowest BCUT2D eigenvalue weighted by molar-refractivity contribution is -0.137. The first kappa shape index (κ1) is 15.3. The molecule has 3 rings (SSSR count). The number of carboxylic acids is 1. The predicted octanol–water partition coefficient (Wildman–Crippen LogP) is 2.25. The standard InChI is InChI=1S/C17H19N3O3/c1-10-16(11(2)20(19-10)8-7-15(21)22)18-17(23)14-9-12-5-3-4-6-13(12)14/h3-6,14H,7-9H2,1-2H3,(H,18,23)(H,21,22). The van der Waals surface area contributed by atoms with Crippen molar-refractivity contribution in [3.63, 3.8) is 0 Å². The number of anilines is 1. The largest absolute Gasteiger partial charge is 0.481 e. The monoisotopic (exact) mass is 313 g/mol. The number of rotatable bonds is 5. The molecule has 1 aliphatic carbocycles. The van der Waals surface area contributed by atoms with Crippen molar-refractivity contribution in [3.05, 3.63) is 46.8 Å². The first-order chi connectivity index (χ1) is 11.0. The zero-order chi connectivity index (χ0) is 16.6. The number of nitrogens with zero attached hydrogens (tertiary/aromatic N) is 2. The minimum absolute atomic E-state index is 0.00530. The second kappa shape index (κ2) is 5.87. The van der Waals surface area contributed by atoms with Gasteiger partial charge in [-0.1, -0.05) is 24.3 Å². The van der Waals surface area contributed by atoms with E-state index < -0.39 is 5.97 Å². The molecule has 2 aromatic rings. The summed E-state index contributed by atoms with van der Waals surface area (Å²) in [6.45, 7) is 3.95. The molecule has 6 nitrogen and oxygen atoms in total. The Bertz CT molecular complexity index is 779. The molecule has 0 bridgehead atoms. The Balaban J connectivity index is 1.73. The van der Waals surface area contributed by atoms with Crippen molar-refractivity contribution in [2.24, 2.45) is 0 Å². The Kier molecular flexibility index (Phi) is 3.90. The maximum atomic E-state index is 12.5. The van der Waals surface area contributed by atoms with Crippen molar-refractivity contribution in [1.29, 1.82) is 0 Å². The lowest BCUT2D eigenvalue weighted by atomic mass is 9.77. The second-order valence-corrected chi connectivity index (χ2v) is 5.86. The Labute approximate surface area is 134 Å². The molecular formula is C17H19N3O3. The molecule has 120 valence electrons. The third kappa shape index (κ3) is 2.84. The summed E-state index contributed by atoms with van der Waals surface area (Å²) in [5, 5.41) is 16.1. The van der Waals surface area contributed by atoms with Crippen LogP contribution in [0.1, 0.15) is 34.9 Å². The summed E-state index contributed by atoms with van der Waals surface area (Å²) >= 11 is 0. The molecule has 0 radical (unpaired) electrons. The predicted molar refractivity (Wildman–Crippen MR) is 85.5 cm³/mol. The van der Waals surface area contributed by atoms with E-state index in [0.717, 1.165) is 17.7 Å². The summed E-state index contributed by atoms with van der Waals surface area (Å²) in [5.74, 6) is -1.02. The van der Waals surface area contributed by atoms with Crippen LogP contribution >= 0.6 is 0 Å². The van der Waals surface area contributed by atoms with Gasteiger partial charge >= 0.3 is 5.97 Å². The number of hydrogen-bond donors (Lipinski definition) is 2. The molecule has 23 heavy (non-hydrogen) atoms. The van der Waals surface area contributed by atoms with E-state index in [0.29, 0.717) is 17.9 Å². The Morgan fingerprint density at radius 1 is 1.35 bits per heavy atom. The van der Waals surface area contributed by atoms with Crippen LogP contribution in [-0.4, -0.2) is 26.8 Å². The van der Waals surface area contributed by atoms with Crippen LogP contribution in [0.15, 0.2) is 24.3 Å². The maximum absolute atomic E-state index is 12.5. The van der Waals surface area contributed by atoms with E-state index in [4.69, 9.17) is 5.11 Å². The van der Waals surface area contributed by atoms with Gasteiger partial charge in [0.15, 0.2) is 0 Å². The number of fused-ring (bicyclic) bond motifs is 1. The van der Waals surface area contributed by atoms with E-state index in [1.807, 2.05) is 38.1 Å². The lowest BCUT2D eigenvalue weighted by Gasteiger charge is -2.28. The van der Waals surface area contributed by atoms with Crippen LogP contribution in [0.4, 0.5) is 5.69 Å². The number of carbonyl (C=O) groups excluding carboxylic acids is 1. The fourth-order valence-electron chi connectivity index (χ4n) is 3.00. The van der Waals surface area contributed by atoms with Gasteiger partial charge in [-0.3, -0.25) is 14.3 Å². The van der Waals surface area contributed by atoms with E-state index in [1.54, 1.807) is 4.68 Å². The van der Waals surface area contributed by atoms with Gasteiger partial charge in [-0.05, 0) is 31.4 Å². The third-order valence-corrected chi connectivity index (χ3v) is 4.34. The fraction of sp³-hybridized carbons (Fsp3) is 0.353. The summed E-state index contributed by atoms with van der Waals surface area (Å²) < 4.78 is 1.63. The van der Waals surface area contributed by atoms with Crippen LogP contribution in [-0.2, 0) is 22.6 Å². The summed E-state index contributed by atoms with van der Waals surface area (Å²) in [7, 11) is 0. The highest BCUT2D eigenvalue weighted by molar-refractivity contribution is 5.98. The van der Waals surface area contributed by atoms with Crippen molar-refractivity contribution in [3.8, 4) is 0 Å². The van der Waals surface area contributed by atoms with Crippen LogP contribution in [0, 0.1) is 13.8 Å². The highest BCUT2D eigenvalue weighted by Gasteiger charge is 2.32. The van der Waals surface area contributed by atoms with Crippen LogP contribution in [0.25, 0.3) is 0 Å². The van der Waals surface area contributed by atoms with Crippen LogP contribution in [0.3, 0.4) is 0 Å². The van der Waals surface area contributed by atoms with Gasteiger partial charge in [0.25, 0.3) is 0 Å². The maximum Gasteiger partial charge on any atom is 0.305 e.